The van der Waals surface area contributed by atoms with Crippen LogP contribution in [0.5, 0.6) is 17.2 Å². The summed E-state index contributed by atoms with van der Waals surface area (Å²) >= 11 is 3.42. The van der Waals surface area contributed by atoms with Crippen molar-refractivity contribution in [1.29, 1.82) is 0 Å². The minimum Gasteiger partial charge on any atom is -0.486 e. The second kappa shape index (κ2) is 7.67. The van der Waals surface area contributed by atoms with Crippen molar-refractivity contribution in [1.82, 2.24) is 10.2 Å². The molecule has 8 nitrogen and oxygen atoms in total. The molecule has 1 aromatic heterocycles. The molecule has 138 valence electrons. The van der Waals surface area contributed by atoms with Crippen LogP contribution in [0.1, 0.15) is 0 Å². The van der Waals surface area contributed by atoms with Crippen LogP contribution in [0.25, 0.3) is 11.5 Å². The fraction of sp³-hybridized carbons (Fsp3) is 0.167. The van der Waals surface area contributed by atoms with Gasteiger partial charge in [0, 0.05) is 22.2 Å². The molecule has 1 N–H and O–H groups in total. The first-order valence-electron chi connectivity index (χ1n) is 8.07. The summed E-state index contributed by atoms with van der Waals surface area (Å²) < 4.78 is 22.4. The summed E-state index contributed by atoms with van der Waals surface area (Å²) in [5.74, 6) is 1.91. The van der Waals surface area contributed by atoms with E-state index in [2.05, 4.69) is 31.4 Å². The lowest BCUT2D eigenvalue weighted by molar-refractivity contribution is -0.118. The lowest BCUT2D eigenvalue weighted by Gasteiger charge is -2.20. The summed E-state index contributed by atoms with van der Waals surface area (Å²) in [5.41, 5.74) is 1.35. The van der Waals surface area contributed by atoms with Crippen LogP contribution in [-0.2, 0) is 4.79 Å². The average Bonchev–Trinajstić information content (AvgIpc) is 3.22. The van der Waals surface area contributed by atoms with E-state index in [9.17, 15) is 4.79 Å². The Kier molecular flexibility index (Phi) is 4.93. The zero-order valence-electron chi connectivity index (χ0n) is 14.0. The summed E-state index contributed by atoms with van der Waals surface area (Å²) in [6, 6.07) is 10.5. The number of fused-ring (bicyclic) bond motifs is 1. The van der Waals surface area contributed by atoms with Crippen molar-refractivity contribution >= 4 is 27.5 Å². The molecule has 2 heterocycles. The predicted molar refractivity (Wildman–Crippen MR) is 99.0 cm³/mol. The lowest BCUT2D eigenvalue weighted by atomic mass is 10.2. The minimum atomic E-state index is -0.298. The summed E-state index contributed by atoms with van der Waals surface area (Å²) in [6.07, 6.45) is 1.26. The Bertz CT molecular complexity index is 944. The maximum absolute atomic E-state index is 12.2. The number of amides is 1. The second-order valence-electron chi connectivity index (χ2n) is 5.58. The maximum atomic E-state index is 12.2. The first-order chi connectivity index (χ1) is 13.2. The van der Waals surface area contributed by atoms with Crippen LogP contribution >= 0.6 is 15.9 Å². The number of nitrogens with one attached hydrogen (secondary N) is 1. The Morgan fingerprint density at radius 2 is 1.89 bits per heavy atom. The first-order valence-corrected chi connectivity index (χ1v) is 8.87. The largest absolute Gasteiger partial charge is 0.486 e. The number of rotatable bonds is 5. The second-order valence-corrected chi connectivity index (χ2v) is 6.44. The molecule has 0 spiro atoms. The zero-order chi connectivity index (χ0) is 18.6. The third-order valence-electron chi connectivity index (χ3n) is 3.74. The van der Waals surface area contributed by atoms with E-state index < -0.39 is 0 Å². The van der Waals surface area contributed by atoms with Crippen LogP contribution in [0.15, 0.2) is 51.7 Å². The number of hydrogen-bond acceptors (Lipinski definition) is 7. The number of hydrogen-bond donors (Lipinski definition) is 1. The average molecular weight is 432 g/mol. The molecule has 0 atom stereocenters. The van der Waals surface area contributed by atoms with Gasteiger partial charge in [-0.1, -0.05) is 0 Å². The molecule has 0 unspecified atom stereocenters. The predicted octanol–water partition coefficient (Wildman–Crippen LogP) is 3.29. The van der Waals surface area contributed by atoms with Crippen molar-refractivity contribution in [3.05, 3.63) is 47.3 Å². The van der Waals surface area contributed by atoms with Gasteiger partial charge in [0.15, 0.2) is 18.1 Å². The van der Waals surface area contributed by atoms with E-state index in [4.69, 9.17) is 18.6 Å². The van der Waals surface area contributed by atoms with Crippen molar-refractivity contribution in [2.45, 2.75) is 0 Å². The highest BCUT2D eigenvalue weighted by Gasteiger charge is 2.16. The van der Waals surface area contributed by atoms with E-state index in [0.29, 0.717) is 46.5 Å². The number of carbonyl (C=O) groups is 1. The van der Waals surface area contributed by atoms with Gasteiger partial charge in [0.05, 0.1) is 5.69 Å². The number of nitrogens with zero attached hydrogens (tertiary/aromatic N) is 2. The number of carbonyl (C=O) groups excluding carboxylic acids is 1. The SMILES string of the molecule is O=C(COc1ccc(-c2nnco2)cc1)Nc1cc2c(cc1Br)OCCO2. The van der Waals surface area contributed by atoms with Crippen LogP contribution in [0.4, 0.5) is 5.69 Å². The van der Waals surface area contributed by atoms with Gasteiger partial charge in [-0.2, -0.15) is 0 Å². The van der Waals surface area contributed by atoms with Gasteiger partial charge in [-0.05, 0) is 40.2 Å². The molecule has 0 aliphatic carbocycles. The van der Waals surface area contributed by atoms with E-state index in [-0.39, 0.29) is 12.5 Å². The lowest BCUT2D eigenvalue weighted by Crippen LogP contribution is -2.21. The van der Waals surface area contributed by atoms with Gasteiger partial charge >= 0.3 is 0 Å². The highest BCUT2D eigenvalue weighted by molar-refractivity contribution is 9.10. The van der Waals surface area contributed by atoms with E-state index in [1.165, 1.54) is 6.39 Å². The van der Waals surface area contributed by atoms with Gasteiger partial charge in [-0.15, -0.1) is 10.2 Å². The molecule has 1 aliphatic rings. The summed E-state index contributed by atoms with van der Waals surface area (Å²) in [6.45, 7) is 0.843. The maximum Gasteiger partial charge on any atom is 0.262 e. The Morgan fingerprint density at radius 3 is 2.59 bits per heavy atom. The Morgan fingerprint density at radius 1 is 1.15 bits per heavy atom. The van der Waals surface area contributed by atoms with E-state index in [1.54, 1.807) is 36.4 Å². The van der Waals surface area contributed by atoms with E-state index >= 15 is 0 Å². The standard InChI is InChI=1S/C18H14BrN3O5/c19-13-7-15-16(25-6-5-24-15)8-14(13)21-17(23)9-26-12-3-1-11(2-4-12)18-22-20-10-27-18/h1-4,7-8,10H,5-6,9H2,(H,21,23). The molecule has 0 saturated carbocycles. The Balaban J connectivity index is 1.36. The quantitative estimate of drug-likeness (QED) is 0.661. The van der Waals surface area contributed by atoms with Crippen LogP contribution in [0.2, 0.25) is 0 Å². The van der Waals surface area contributed by atoms with Crippen molar-refractivity contribution < 1.29 is 23.4 Å². The molecule has 4 rings (SSSR count). The number of aromatic nitrogens is 2. The van der Waals surface area contributed by atoms with Gasteiger partial charge in [0.2, 0.25) is 12.3 Å². The highest BCUT2D eigenvalue weighted by atomic mass is 79.9. The molecule has 0 bridgehead atoms. The third-order valence-corrected chi connectivity index (χ3v) is 4.39. The molecule has 0 radical (unpaired) electrons. The third kappa shape index (κ3) is 4.03. The smallest absolute Gasteiger partial charge is 0.262 e. The van der Waals surface area contributed by atoms with Crippen LogP contribution in [0.3, 0.4) is 0 Å². The number of benzene rings is 2. The van der Waals surface area contributed by atoms with Crippen LogP contribution in [-0.4, -0.2) is 35.9 Å². The monoisotopic (exact) mass is 431 g/mol. The van der Waals surface area contributed by atoms with E-state index in [1.807, 2.05) is 0 Å². The summed E-state index contributed by atoms with van der Waals surface area (Å²) in [5, 5.41) is 10.2. The summed E-state index contributed by atoms with van der Waals surface area (Å²) in [7, 11) is 0. The highest BCUT2D eigenvalue weighted by Crippen LogP contribution is 2.38. The summed E-state index contributed by atoms with van der Waals surface area (Å²) in [4.78, 5) is 12.2. The molecule has 1 amide bonds. The van der Waals surface area contributed by atoms with Crippen LogP contribution in [0, 0.1) is 0 Å². The van der Waals surface area contributed by atoms with Gasteiger partial charge in [0.1, 0.15) is 19.0 Å². The Hall–Kier alpha value is -3.07. The van der Waals surface area contributed by atoms with Gasteiger partial charge in [0.25, 0.3) is 5.91 Å². The Labute approximate surface area is 162 Å². The molecule has 1 aliphatic heterocycles. The van der Waals surface area contributed by atoms with Gasteiger partial charge in [-0.3, -0.25) is 4.79 Å². The molecular weight excluding hydrogens is 418 g/mol. The molecule has 2 aromatic carbocycles. The molecule has 0 fully saturated rings. The normalized spacial score (nSPS) is 12.5. The van der Waals surface area contributed by atoms with Gasteiger partial charge < -0.3 is 23.9 Å². The van der Waals surface area contributed by atoms with Gasteiger partial charge in [-0.25, -0.2) is 0 Å². The van der Waals surface area contributed by atoms with E-state index in [0.717, 1.165) is 5.56 Å². The van der Waals surface area contributed by atoms with Crippen molar-refractivity contribution in [3.63, 3.8) is 0 Å². The zero-order valence-corrected chi connectivity index (χ0v) is 15.6. The first kappa shape index (κ1) is 17.3. The number of anilines is 1. The van der Waals surface area contributed by atoms with Crippen LogP contribution < -0.4 is 19.5 Å². The molecule has 0 saturated heterocycles. The number of ether oxygens (including phenoxy) is 3. The number of halogens is 1. The molecule has 27 heavy (non-hydrogen) atoms. The minimum absolute atomic E-state index is 0.138. The molecular formula is C18H14BrN3O5. The topological polar surface area (TPSA) is 95.7 Å². The van der Waals surface area contributed by atoms with Crippen molar-refractivity contribution in [2.75, 3.05) is 25.1 Å². The molecule has 3 aromatic rings. The fourth-order valence-corrected chi connectivity index (χ4v) is 2.91. The van der Waals surface area contributed by atoms with Crippen molar-refractivity contribution in [3.8, 4) is 28.7 Å². The van der Waals surface area contributed by atoms with Crippen molar-refractivity contribution in [2.24, 2.45) is 0 Å². The molecule has 9 heteroatoms. The fourth-order valence-electron chi connectivity index (χ4n) is 2.49.